The van der Waals surface area contributed by atoms with Gasteiger partial charge in [-0.1, -0.05) is 23.2 Å². The molecule has 16 rings (SSSR count). The van der Waals surface area contributed by atoms with Crippen molar-refractivity contribution in [1.82, 2.24) is 118 Å². The van der Waals surface area contributed by atoms with Gasteiger partial charge < -0.3 is 79.9 Å². The standard InChI is InChI=1S/C20H21N7O.C19H18ClN7O.C19H19N7O.C18H16ClN7O/c1-12-7-14(8-13-9-16(24-18(12)13)19(28)26(2)3)23-20-21-6-5-15(25-20)17-10-27(4)11-22-17;1-26(2)18(28)15-7-11-6-12(8-13(20)17(11)24-15)23-19-21-5-4-14(25-19)16-9-27(3)10-22-16;1-11-6-13(7-12-8-15(18(27)20-2)24-17(11)12)23-19-21-5-4-14(25-19)16-9-26(3)10-22-16;1-20-17(27)14-6-10-5-11(7-12(19)16(10)24-14)23-18-21-4-3-13(25-18)15-8-26(2)9-22-15/h5-11,24H,1-4H3,(H,21,23,25);4-10,24H,1-3H3,(H,21,23,25);4-10,24H,1-3H3,(H,20,27)(H,21,23,25);3-9,24H,1-2H3,(H,20,27)(H,21,23,25). The molecule has 0 aliphatic rings. The number of carbonyl (C=O) groups excluding carboxylic acids is 4. The molecule has 32 nitrogen and oxygen atoms in total. The largest absolute Gasteiger partial charge is 0.354 e. The Morgan fingerprint density at radius 3 is 0.900 bits per heavy atom. The van der Waals surface area contributed by atoms with Gasteiger partial charge in [-0.05, 0) is 122 Å². The summed E-state index contributed by atoms with van der Waals surface area (Å²) in [4.78, 5) is 116. The molecule has 0 saturated heterocycles. The first-order chi connectivity index (χ1) is 52.9. The maximum Gasteiger partial charge on any atom is 0.269 e. The van der Waals surface area contributed by atoms with Crippen molar-refractivity contribution in [2.24, 2.45) is 28.2 Å². The van der Waals surface area contributed by atoms with E-state index in [-0.39, 0.29) is 23.6 Å². The molecule has 0 spiro atoms. The number of fused-ring (bicyclic) bond motifs is 4. The number of H-pyrrole nitrogens is 4. The second-order valence-electron chi connectivity index (χ2n) is 25.9. The van der Waals surface area contributed by atoms with Gasteiger partial charge in [0.25, 0.3) is 23.6 Å². The Balaban J connectivity index is 0.000000129. The highest BCUT2D eigenvalue weighted by Gasteiger charge is 2.19. The van der Waals surface area contributed by atoms with E-state index in [4.69, 9.17) is 23.2 Å². The first-order valence-electron chi connectivity index (χ1n) is 34.0. The number of nitrogens with one attached hydrogen (secondary N) is 10. The molecule has 556 valence electrons. The maximum atomic E-state index is 12.2. The van der Waals surface area contributed by atoms with Crippen LogP contribution in [0.15, 0.2) is 172 Å². The first-order valence-corrected chi connectivity index (χ1v) is 34.8. The maximum absolute atomic E-state index is 12.2. The molecule has 110 heavy (non-hydrogen) atoms. The van der Waals surface area contributed by atoms with Crippen LogP contribution < -0.4 is 31.9 Å². The predicted molar refractivity (Wildman–Crippen MR) is 426 cm³/mol. The molecule has 0 aliphatic heterocycles. The average Bonchev–Trinajstić information content (AvgIpc) is 1.66. The molecule has 16 aromatic rings. The van der Waals surface area contributed by atoms with Crippen molar-refractivity contribution < 1.29 is 19.2 Å². The number of aryl methyl sites for hydroxylation is 6. The van der Waals surface area contributed by atoms with Gasteiger partial charge in [0, 0.05) is 175 Å². The summed E-state index contributed by atoms with van der Waals surface area (Å²) in [5.74, 6) is 1.30. The Labute approximate surface area is 638 Å². The fraction of sp³-hybridized carbons (Fsp3) is 0.158. The van der Waals surface area contributed by atoms with E-state index in [0.29, 0.717) is 84.7 Å². The van der Waals surface area contributed by atoms with Gasteiger partial charge in [-0.2, -0.15) is 0 Å². The molecule has 0 saturated carbocycles. The summed E-state index contributed by atoms with van der Waals surface area (Å²) >= 11 is 12.8. The van der Waals surface area contributed by atoms with Gasteiger partial charge in [0.1, 0.15) is 45.6 Å². The Morgan fingerprint density at radius 2 is 0.618 bits per heavy atom. The van der Waals surface area contributed by atoms with Crippen LogP contribution in [0.3, 0.4) is 0 Å². The normalized spacial score (nSPS) is 11.0. The Morgan fingerprint density at radius 1 is 0.355 bits per heavy atom. The van der Waals surface area contributed by atoms with Crippen molar-refractivity contribution in [2.45, 2.75) is 13.8 Å². The number of nitrogens with zero attached hydrogens (tertiary/aromatic N) is 18. The topological polar surface area (TPSA) is 384 Å². The SMILES string of the molecule is CN(C)C(=O)c1cc2cc(Nc3nccc(-c4cn(C)cn4)n3)cc(Cl)c2[nH]1.CNC(=O)c1cc2cc(Nc3nccc(-c4cn(C)cn4)n3)cc(C)c2[nH]1.CNC(=O)c1cc2cc(Nc3nccc(-c4cn(C)cn4)n3)cc(Cl)c2[nH]1.Cc1cc(Nc2nccc(-c3cn(C)cn3)n2)cc2cc(C(=O)N(C)C)[nH]c12. The highest BCUT2D eigenvalue weighted by Crippen LogP contribution is 2.34. The predicted octanol–water partition coefficient (Wildman–Crippen LogP) is 12.5. The number of anilines is 8. The summed E-state index contributed by atoms with van der Waals surface area (Å²) in [5.41, 5.74) is 16.5. The van der Waals surface area contributed by atoms with Gasteiger partial charge >= 0.3 is 0 Å². The molecular weight excluding hydrogens is 1440 g/mol. The minimum absolute atomic E-state index is 0.0588. The number of halogens is 2. The van der Waals surface area contributed by atoms with E-state index < -0.39 is 0 Å². The second-order valence-corrected chi connectivity index (χ2v) is 26.7. The summed E-state index contributed by atoms with van der Waals surface area (Å²) in [7, 11) is 17.7. The number of hydrogen-bond donors (Lipinski definition) is 10. The van der Waals surface area contributed by atoms with E-state index in [1.54, 1.807) is 134 Å². The van der Waals surface area contributed by atoms with Crippen LogP contribution in [0.2, 0.25) is 10.0 Å². The fourth-order valence-electron chi connectivity index (χ4n) is 11.7. The van der Waals surface area contributed by atoms with E-state index in [0.717, 1.165) is 94.9 Å². The monoisotopic (exact) mass is 1510 g/mol. The number of aromatic amines is 4. The molecule has 12 aromatic heterocycles. The average molecular weight is 1510 g/mol. The van der Waals surface area contributed by atoms with Crippen molar-refractivity contribution in [3.8, 4) is 45.6 Å². The molecule has 12 heterocycles. The Bertz CT molecular complexity index is 5750. The molecule has 0 aliphatic carbocycles. The van der Waals surface area contributed by atoms with Gasteiger partial charge in [0.15, 0.2) is 0 Å². The zero-order chi connectivity index (χ0) is 77.6. The number of carbonyl (C=O) groups is 4. The molecule has 0 unspecified atom stereocenters. The Hall–Kier alpha value is -14.1. The summed E-state index contributed by atoms with van der Waals surface area (Å²) in [6.07, 6.45) is 21.2. The van der Waals surface area contributed by atoms with E-state index in [1.165, 1.54) is 4.90 Å². The lowest BCUT2D eigenvalue weighted by molar-refractivity contribution is 0.0816. The zero-order valence-electron chi connectivity index (χ0n) is 61.6. The molecule has 4 aromatic carbocycles. The Kier molecular flexibility index (Phi) is 21.5. The third-order valence-electron chi connectivity index (χ3n) is 16.9. The number of aromatic nitrogens is 20. The van der Waals surface area contributed by atoms with Gasteiger partial charge in [0.2, 0.25) is 23.8 Å². The van der Waals surface area contributed by atoms with E-state index in [9.17, 15) is 19.2 Å². The summed E-state index contributed by atoms with van der Waals surface area (Å²) in [6, 6.07) is 29.7. The molecule has 0 bridgehead atoms. The number of rotatable bonds is 16. The van der Waals surface area contributed by atoms with Crippen molar-refractivity contribution in [2.75, 3.05) is 63.6 Å². The van der Waals surface area contributed by atoms with Gasteiger partial charge in [0.05, 0.1) is 69.2 Å². The number of benzene rings is 4. The van der Waals surface area contributed by atoms with Crippen LogP contribution in [0.5, 0.6) is 0 Å². The van der Waals surface area contributed by atoms with E-state index in [1.807, 2.05) is 146 Å². The summed E-state index contributed by atoms with van der Waals surface area (Å²) in [6.45, 7) is 3.99. The molecule has 0 atom stereocenters. The molecule has 34 heteroatoms. The van der Waals surface area contributed by atoms with Crippen LogP contribution in [0.1, 0.15) is 53.1 Å². The lowest BCUT2D eigenvalue weighted by atomic mass is 10.1. The number of amides is 4. The van der Waals surface area contributed by atoms with Gasteiger partial charge in [-0.25, -0.2) is 59.8 Å². The number of hydrogen-bond acceptors (Lipinski definition) is 20. The minimum Gasteiger partial charge on any atom is -0.354 e. The third-order valence-corrected chi connectivity index (χ3v) is 17.5. The quantitative estimate of drug-likeness (QED) is 0.0429. The second kappa shape index (κ2) is 31.9. The molecule has 4 amide bonds. The van der Waals surface area contributed by atoms with E-state index in [2.05, 4.69) is 112 Å². The lowest BCUT2D eigenvalue weighted by Crippen LogP contribution is -2.21. The van der Waals surface area contributed by atoms with Gasteiger partial charge in [-0.3, -0.25) is 19.2 Å². The van der Waals surface area contributed by atoms with Gasteiger partial charge in [-0.15, -0.1) is 0 Å². The van der Waals surface area contributed by atoms with Crippen LogP contribution >= 0.6 is 23.2 Å². The van der Waals surface area contributed by atoms with E-state index >= 15 is 0 Å². The van der Waals surface area contributed by atoms with Crippen LogP contribution in [0.25, 0.3) is 89.2 Å². The van der Waals surface area contributed by atoms with Crippen LogP contribution in [-0.4, -0.2) is 174 Å². The fourth-order valence-corrected chi connectivity index (χ4v) is 12.3. The highest BCUT2D eigenvalue weighted by atomic mass is 35.5. The smallest absolute Gasteiger partial charge is 0.269 e. The van der Waals surface area contributed by atoms with Crippen LogP contribution in [0, 0.1) is 13.8 Å². The molecular formula is C76H74Cl2N28O4. The first kappa shape index (κ1) is 74.1. The highest BCUT2D eigenvalue weighted by molar-refractivity contribution is 6.36. The van der Waals surface area contributed by atoms with Crippen LogP contribution in [-0.2, 0) is 28.2 Å². The lowest BCUT2D eigenvalue weighted by Gasteiger charge is -2.08. The summed E-state index contributed by atoms with van der Waals surface area (Å²) in [5, 5.41) is 22.5. The number of imidazole rings is 4. The third kappa shape index (κ3) is 17.1. The molecule has 0 radical (unpaired) electrons. The summed E-state index contributed by atoms with van der Waals surface area (Å²) < 4.78 is 7.46. The van der Waals surface area contributed by atoms with Crippen molar-refractivity contribution in [3.05, 3.63) is 216 Å². The van der Waals surface area contributed by atoms with Crippen molar-refractivity contribution in [1.29, 1.82) is 0 Å². The molecule has 0 fully saturated rings. The molecule has 10 N–H and O–H groups in total. The minimum atomic E-state index is -0.205. The van der Waals surface area contributed by atoms with Crippen molar-refractivity contribution in [3.63, 3.8) is 0 Å². The van der Waals surface area contributed by atoms with Crippen molar-refractivity contribution >= 4 is 137 Å². The van der Waals surface area contributed by atoms with Crippen LogP contribution in [0.4, 0.5) is 46.5 Å². The zero-order valence-corrected chi connectivity index (χ0v) is 63.1.